The Morgan fingerprint density at radius 1 is 1.02 bits per heavy atom. The van der Waals surface area contributed by atoms with E-state index in [-0.39, 0.29) is 5.41 Å². The summed E-state index contributed by atoms with van der Waals surface area (Å²) in [6.45, 7) is 6.58. The largest absolute Gasteiger partial charge is 0.445 e. The third kappa shape index (κ3) is 6.30. The van der Waals surface area contributed by atoms with Gasteiger partial charge in [0.25, 0.3) is 0 Å². The summed E-state index contributed by atoms with van der Waals surface area (Å²) in [5, 5.41) is 15.1. The zero-order valence-electron chi connectivity index (χ0n) is 24.1. The van der Waals surface area contributed by atoms with E-state index in [1.165, 1.54) is 0 Å². The van der Waals surface area contributed by atoms with Crippen LogP contribution in [0.25, 0.3) is 27.8 Å². The standard InChI is InChI=1S/C30H34N8O3/c1-30(2,3)25-15-26(36-41-25)34-29(39)33-20-9-11-21(12-10-20)37-24-17-32-16-23(31)27(24)28(35-37)19-7-13-22(14-8-19)40-18-38(4,5)6/h7-17H,18H2,1-6H3,(H3-,31,33,34,35,36,39)/p+1. The molecule has 4 N–H and O–H groups in total. The number of ether oxygens (including phenoxy) is 1. The van der Waals surface area contributed by atoms with Crippen molar-refractivity contribution in [1.29, 1.82) is 0 Å². The van der Waals surface area contributed by atoms with Crippen molar-refractivity contribution in [2.24, 2.45) is 0 Å². The number of hydrogen-bond acceptors (Lipinski definition) is 7. The van der Waals surface area contributed by atoms with E-state index >= 15 is 0 Å². The lowest BCUT2D eigenvalue weighted by Crippen LogP contribution is -2.38. The number of fused-ring (bicyclic) bond motifs is 1. The van der Waals surface area contributed by atoms with Crippen molar-refractivity contribution in [3.8, 4) is 22.7 Å². The molecular weight excluding hydrogens is 520 g/mol. The molecule has 0 aliphatic rings. The molecule has 11 heteroatoms. The smallest absolute Gasteiger partial charge is 0.324 e. The summed E-state index contributed by atoms with van der Waals surface area (Å²) in [7, 11) is 6.22. The number of carbonyl (C=O) groups excluding carboxylic acids is 1. The molecule has 0 aliphatic heterocycles. The number of benzene rings is 2. The Morgan fingerprint density at radius 3 is 2.37 bits per heavy atom. The van der Waals surface area contributed by atoms with Gasteiger partial charge in [0, 0.05) is 22.7 Å². The van der Waals surface area contributed by atoms with E-state index in [2.05, 4.69) is 41.9 Å². The van der Waals surface area contributed by atoms with Crippen LogP contribution in [0.3, 0.4) is 0 Å². The maximum absolute atomic E-state index is 12.5. The summed E-state index contributed by atoms with van der Waals surface area (Å²) in [6.07, 6.45) is 3.37. The van der Waals surface area contributed by atoms with Gasteiger partial charge in [-0.3, -0.25) is 14.8 Å². The molecule has 0 atom stereocenters. The number of pyridine rings is 1. The third-order valence-electron chi connectivity index (χ3n) is 6.23. The van der Waals surface area contributed by atoms with Crippen LogP contribution in [0, 0.1) is 0 Å². The normalized spacial score (nSPS) is 12.0. The van der Waals surface area contributed by atoms with E-state index in [1.54, 1.807) is 35.3 Å². The average molecular weight is 556 g/mol. The van der Waals surface area contributed by atoms with Gasteiger partial charge in [-0.15, -0.1) is 0 Å². The number of amides is 2. The van der Waals surface area contributed by atoms with Crippen LogP contribution in [-0.2, 0) is 5.41 Å². The van der Waals surface area contributed by atoms with Crippen LogP contribution >= 0.6 is 0 Å². The number of nitrogens with one attached hydrogen (secondary N) is 2. The molecule has 11 nitrogen and oxygen atoms in total. The van der Waals surface area contributed by atoms with E-state index < -0.39 is 6.03 Å². The van der Waals surface area contributed by atoms with Crippen molar-refractivity contribution in [3.63, 3.8) is 0 Å². The van der Waals surface area contributed by atoms with Crippen LogP contribution in [0.5, 0.6) is 5.75 Å². The minimum atomic E-state index is -0.427. The fraction of sp³-hybridized carbons (Fsp3) is 0.267. The predicted molar refractivity (Wildman–Crippen MR) is 160 cm³/mol. The van der Waals surface area contributed by atoms with Crippen molar-refractivity contribution >= 4 is 34.1 Å². The Hall–Kier alpha value is -4.90. The Balaban J connectivity index is 1.36. The van der Waals surface area contributed by atoms with Crippen LogP contribution in [0.15, 0.2) is 71.5 Å². The zero-order chi connectivity index (χ0) is 29.4. The number of hydrogen-bond donors (Lipinski definition) is 3. The Kier molecular flexibility index (Phi) is 7.14. The number of carbonyl (C=O) groups is 1. The van der Waals surface area contributed by atoms with Gasteiger partial charge in [-0.2, -0.15) is 5.10 Å². The van der Waals surface area contributed by atoms with E-state index in [9.17, 15) is 4.79 Å². The second-order valence-corrected chi connectivity index (χ2v) is 11.9. The summed E-state index contributed by atoms with van der Waals surface area (Å²) in [6, 6.07) is 16.4. The van der Waals surface area contributed by atoms with Crippen LogP contribution < -0.4 is 21.1 Å². The first-order chi connectivity index (χ1) is 19.4. The predicted octanol–water partition coefficient (Wildman–Crippen LogP) is 5.64. The molecule has 0 radical (unpaired) electrons. The summed E-state index contributed by atoms with van der Waals surface area (Å²) < 4.78 is 13.7. The molecule has 3 aromatic heterocycles. The highest BCUT2D eigenvalue weighted by molar-refractivity contribution is 6.02. The average Bonchev–Trinajstić information content (AvgIpc) is 3.54. The van der Waals surface area contributed by atoms with Crippen molar-refractivity contribution < 1.29 is 18.5 Å². The van der Waals surface area contributed by atoms with Gasteiger partial charge in [-0.1, -0.05) is 25.9 Å². The molecule has 0 unspecified atom stereocenters. The minimum absolute atomic E-state index is 0.209. The van der Waals surface area contributed by atoms with E-state index in [4.69, 9.17) is 20.1 Å². The molecule has 0 spiro atoms. The monoisotopic (exact) mass is 555 g/mol. The molecule has 0 bridgehead atoms. The van der Waals surface area contributed by atoms with Gasteiger partial charge in [0.05, 0.1) is 55.8 Å². The molecule has 212 valence electrons. The van der Waals surface area contributed by atoms with Crippen LogP contribution in [-0.4, -0.2) is 58.3 Å². The minimum Gasteiger partial charge on any atom is -0.445 e. The molecule has 2 amide bonds. The number of nitrogens with two attached hydrogens (primary N) is 1. The molecule has 0 saturated heterocycles. The van der Waals surface area contributed by atoms with Gasteiger partial charge < -0.3 is 20.3 Å². The van der Waals surface area contributed by atoms with Gasteiger partial charge in [-0.05, 0) is 48.5 Å². The number of aromatic nitrogens is 4. The number of rotatable bonds is 7. The van der Waals surface area contributed by atoms with E-state index in [0.29, 0.717) is 34.2 Å². The second kappa shape index (κ2) is 10.6. The van der Waals surface area contributed by atoms with Gasteiger partial charge in [0.15, 0.2) is 5.82 Å². The zero-order valence-corrected chi connectivity index (χ0v) is 24.1. The molecule has 0 aliphatic carbocycles. The maximum Gasteiger partial charge on any atom is 0.324 e. The lowest BCUT2D eigenvalue weighted by Gasteiger charge is -2.23. The van der Waals surface area contributed by atoms with Crippen LogP contribution in [0.2, 0.25) is 0 Å². The number of anilines is 3. The maximum atomic E-state index is 12.5. The van der Waals surface area contributed by atoms with Crippen LogP contribution in [0.1, 0.15) is 26.5 Å². The molecule has 5 aromatic rings. The highest BCUT2D eigenvalue weighted by atomic mass is 16.5. The lowest BCUT2D eigenvalue weighted by atomic mass is 9.93. The number of urea groups is 1. The first kappa shape index (κ1) is 27.7. The van der Waals surface area contributed by atoms with Gasteiger partial charge in [-0.25, -0.2) is 9.48 Å². The molecule has 41 heavy (non-hydrogen) atoms. The first-order valence-corrected chi connectivity index (χ1v) is 13.2. The highest BCUT2D eigenvalue weighted by Crippen LogP contribution is 2.34. The number of nitrogens with zero attached hydrogens (tertiary/aromatic N) is 5. The van der Waals surface area contributed by atoms with Crippen molar-refractivity contribution in [2.45, 2.75) is 26.2 Å². The SMILES string of the molecule is CC(C)(C)c1cc(NC(=O)Nc2ccc(-n3nc(-c4ccc(OC[N+](C)(C)C)cc4)c4c(N)cncc43)cc2)no1. The summed E-state index contributed by atoms with van der Waals surface area (Å²) in [4.78, 5) is 16.8. The fourth-order valence-electron chi connectivity index (χ4n) is 4.12. The van der Waals surface area contributed by atoms with E-state index in [0.717, 1.165) is 33.6 Å². The summed E-state index contributed by atoms with van der Waals surface area (Å²) >= 11 is 0. The third-order valence-corrected chi connectivity index (χ3v) is 6.23. The van der Waals surface area contributed by atoms with Gasteiger partial charge in [0.1, 0.15) is 17.2 Å². The highest BCUT2D eigenvalue weighted by Gasteiger charge is 2.21. The molecule has 0 fully saturated rings. The lowest BCUT2D eigenvalue weighted by molar-refractivity contribution is -0.886. The van der Waals surface area contributed by atoms with Gasteiger partial charge in [0.2, 0.25) is 6.73 Å². The van der Waals surface area contributed by atoms with Crippen molar-refractivity contribution in [1.82, 2.24) is 19.9 Å². The van der Waals surface area contributed by atoms with Gasteiger partial charge >= 0.3 is 6.03 Å². The van der Waals surface area contributed by atoms with Crippen molar-refractivity contribution in [3.05, 3.63) is 72.8 Å². The Labute approximate surface area is 238 Å². The summed E-state index contributed by atoms with van der Waals surface area (Å²) in [5.41, 5.74) is 10.5. The Bertz CT molecular complexity index is 1670. The molecule has 0 saturated carbocycles. The molecule has 3 heterocycles. The number of quaternary nitrogens is 1. The summed E-state index contributed by atoms with van der Waals surface area (Å²) in [5.74, 6) is 1.81. The molecular formula is C30H35N8O3+. The number of nitrogen functional groups attached to an aromatic ring is 1. The fourth-order valence-corrected chi connectivity index (χ4v) is 4.12. The van der Waals surface area contributed by atoms with Crippen molar-refractivity contribution in [2.75, 3.05) is 44.2 Å². The van der Waals surface area contributed by atoms with E-state index in [1.807, 2.05) is 57.2 Å². The van der Waals surface area contributed by atoms with Crippen LogP contribution in [0.4, 0.5) is 22.0 Å². The molecule has 5 rings (SSSR count). The first-order valence-electron chi connectivity index (χ1n) is 13.2. The quantitative estimate of drug-likeness (QED) is 0.175. The molecule has 2 aromatic carbocycles. The Morgan fingerprint density at radius 2 is 1.73 bits per heavy atom. The topological polar surface area (TPSA) is 133 Å². The second-order valence-electron chi connectivity index (χ2n) is 11.9.